The van der Waals surface area contributed by atoms with Crippen molar-refractivity contribution >= 4 is 34.0 Å². The number of nitrogens with one attached hydrogen (secondary N) is 1. The zero-order valence-corrected chi connectivity index (χ0v) is 21.2. The number of esters is 1. The summed E-state index contributed by atoms with van der Waals surface area (Å²) in [6.07, 6.45) is 2.76. The van der Waals surface area contributed by atoms with Crippen LogP contribution in [0.5, 0.6) is 17.2 Å². The van der Waals surface area contributed by atoms with E-state index in [4.69, 9.17) is 14.2 Å². The lowest BCUT2D eigenvalue weighted by Gasteiger charge is -2.15. The fraction of sp³-hybridized carbons (Fsp3) is 0.250. The van der Waals surface area contributed by atoms with E-state index in [1.165, 1.54) is 7.11 Å². The second kappa shape index (κ2) is 11.5. The minimum atomic E-state index is -0.329. The lowest BCUT2D eigenvalue weighted by Crippen LogP contribution is -2.07. The number of carbonyl (C=O) groups excluding carboxylic acids is 2. The summed E-state index contributed by atoms with van der Waals surface area (Å²) in [4.78, 5) is 28.6. The van der Waals surface area contributed by atoms with Crippen LogP contribution in [0.3, 0.4) is 0 Å². The molecule has 2 aromatic heterocycles. The molecule has 192 valence electrons. The SMILES string of the molecule is COC(=O)CCCC(=O)c1cccc(-n2ccc3ccc(Nc4cc(OC)c(OC)c(OC)c4)cc32)n1. The van der Waals surface area contributed by atoms with Crippen molar-refractivity contribution in [3.63, 3.8) is 0 Å². The first kappa shape index (κ1) is 25.6. The molecule has 0 saturated heterocycles. The number of carbonyl (C=O) groups is 2. The number of hydrogen-bond donors (Lipinski definition) is 1. The van der Waals surface area contributed by atoms with Gasteiger partial charge in [-0.15, -0.1) is 0 Å². The second-order valence-electron chi connectivity index (χ2n) is 8.23. The maximum Gasteiger partial charge on any atom is 0.305 e. The van der Waals surface area contributed by atoms with Gasteiger partial charge in [-0.05, 0) is 36.8 Å². The minimum absolute atomic E-state index is 0.119. The average molecular weight is 504 g/mol. The van der Waals surface area contributed by atoms with E-state index in [0.717, 1.165) is 22.3 Å². The normalized spacial score (nSPS) is 10.7. The van der Waals surface area contributed by atoms with Gasteiger partial charge in [0.1, 0.15) is 11.5 Å². The maximum absolute atomic E-state index is 12.6. The van der Waals surface area contributed by atoms with Crippen molar-refractivity contribution in [1.82, 2.24) is 9.55 Å². The van der Waals surface area contributed by atoms with Crippen LogP contribution in [0.2, 0.25) is 0 Å². The molecule has 37 heavy (non-hydrogen) atoms. The van der Waals surface area contributed by atoms with Gasteiger partial charge in [0.25, 0.3) is 0 Å². The van der Waals surface area contributed by atoms with Gasteiger partial charge in [0.2, 0.25) is 5.75 Å². The highest BCUT2D eigenvalue weighted by molar-refractivity contribution is 5.94. The van der Waals surface area contributed by atoms with Crippen molar-refractivity contribution in [3.8, 4) is 23.1 Å². The van der Waals surface area contributed by atoms with Crippen molar-refractivity contribution in [1.29, 1.82) is 0 Å². The summed E-state index contributed by atoms with van der Waals surface area (Å²) in [6.45, 7) is 0. The Morgan fingerprint density at radius 2 is 1.62 bits per heavy atom. The Morgan fingerprint density at radius 3 is 2.30 bits per heavy atom. The lowest BCUT2D eigenvalue weighted by atomic mass is 10.1. The summed E-state index contributed by atoms with van der Waals surface area (Å²) >= 11 is 0. The molecule has 0 radical (unpaired) electrons. The summed E-state index contributed by atoms with van der Waals surface area (Å²) in [6, 6.07) is 17.0. The molecule has 2 heterocycles. The van der Waals surface area contributed by atoms with Gasteiger partial charge in [0.15, 0.2) is 17.3 Å². The molecule has 0 bridgehead atoms. The van der Waals surface area contributed by atoms with E-state index in [2.05, 4.69) is 15.0 Å². The number of benzene rings is 2. The zero-order valence-electron chi connectivity index (χ0n) is 21.2. The summed E-state index contributed by atoms with van der Waals surface area (Å²) in [5.41, 5.74) is 2.89. The summed E-state index contributed by atoms with van der Waals surface area (Å²) < 4.78 is 22.9. The highest BCUT2D eigenvalue weighted by Crippen LogP contribution is 2.40. The van der Waals surface area contributed by atoms with Gasteiger partial charge < -0.3 is 28.8 Å². The lowest BCUT2D eigenvalue weighted by molar-refractivity contribution is -0.140. The Labute approximate surface area is 214 Å². The van der Waals surface area contributed by atoms with E-state index in [1.807, 2.05) is 53.2 Å². The molecule has 0 spiro atoms. The van der Waals surface area contributed by atoms with E-state index in [1.54, 1.807) is 33.5 Å². The number of anilines is 2. The fourth-order valence-corrected chi connectivity index (χ4v) is 4.06. The van der Waals surface area contributed by atoms with Crippen LogP contribution in [0.15, 0.2) is 60.8 Å². The van der Waals surface area contributed by atoms with Crippen molar-refractivity contribution in [2.45, 2.75) is 19.3 Å². The molecule has 4 rings (SSSR count). The topological polar surface area (TPSA) is 101 Å². The van der Waals surface area contributed by atoms with Crippen molar-refractivity contribution in [2.24, 2.45) is 0 Å². The third-order valence-corrected chi connectivity index (χ3v) is 5.93. The fourth-order valence-electron chi connectivity index (χ4n) is 4.06. The van der Waals surface area contributed by atoms with Crippen molar-refractivity contribution in [2.75, 3.05) is 33.8 Å². The van der Waals surface area contributed by atoms with Crippen molar-refractivity contribution < 1.29 is 28.5 Å². The minimum Gasteiger partial charge on any atom is -0.493 e. The molecule has 0 fully saturated rings. The monoisotopic (exact) mass is 503 g/mol. The van der Waals surface area contributed by atoms with Gasteiger partial charge in [-0.1, -0.05) is 12.1 Å². The Bertz CT molecular complexity index is 1400. The number of hydrogen-bond acceptors (Lipinski definition) is 8. The van der Waals surface area contributed by atoms with Crippen LogP contribution in [0.1, 0.15) is 29.8 Å². The summed E-state index contributed by atoms with van der Waals surface area (Å²) in [5, 5.41) is 4.41. The molecular formula is C28H29N3O6. The smallest absolute Gasteiger partial charge is 0.305 e. The Kier molecular flexibility index (Phi) is 7.92. The van der Waals surface area contributed by atoms with Crippen molar-refractivity contribution in [3.05, 3.63) is 66.5 Å². The number of methoxy groups -OCH3 is 4. The van der Waals surface area contributed by atoms with Crippen LogP contribution >= 0.6 is 0 Å². The van der Waals surface area contributed by atoms with Gasteiger partial charge in [-0.3, -0.25) is 9.59 Å². The van der Waals surface area contributed by atoms with Crippen LogP contribution in [0.25, 0.3) is 16.7 Å². The first-order valence-corrected chi connectivity index (χ1v) is 11.7. The van der Waals surface area contributed by atoms with Gasteiger partial charge in [0.05, 0.1) is 34.0 Å². The summed E-state index contributed by atoms with van der Waals surface area (Å²) in [7, 11) is 6.05. The number of fused-ring (bicyclic) bond motifs is 1. The average Bonchev–Trinajstić information content (AvgIpc) is 3.35. The van der Waals surface area contributed by atoms with Gasteiger partial charge in [-0.2, -0.15) is 0 Å². The van der Waals surface area contributed by atoms with E-state index in [0.29, 0.717) is 35.2 Å². The Balaban J connectivity index is 1.60. The van der Waals surface area contributed by atoms with E-state index < -0.39 is 0 Å². The van der Waals surface area contributed by atoms with E-state index >= 15 is 0 Å². The zero-order chi connectivity index (χ0) is 26.4. The largest absolute Gasteiger partial charge is 0.493 e. The number of ketones is 1. The molecule has 9 heteroatoms. The maximum atomic E-state index is 12.6. The quantitative estimate of drug-likeness (QED) is 0.217. The van der Waals surface area contributed by atoms with Crippen LogP contribution in [-0.2, 0) is 9.53 Å². The molecule has 0 atom stereocenters. The third kappa shape index (κ3) is 5.66. The summed E-state index contributed by atoms with van der Waals surface area (Å²) in [5.74, 6) is 1.79. The van der Waals surface area contributed by atoms with Crippen LogP contribution < -0.4 is 19.5 Å². The highest BCUT2D eigenvalue weighted by Gasteiger charge is 2.15. The first-order valence-electron chi connectivity index (χ1n) is 11.7. The first-order chi connectivity index (χ1) is 18.0. The van der Waals surface area contributed by atoms with Gasteiger partial charge in [-0.25, -0.2) is 4.98 Å². The Morgan fingerprint density at radius 1 is 0.865 bits per heavy atom. The molecule has 4 aromatic rings. The van der Waals surface area contributed by atoms with Crippen LogP contribution in [-0.4, -0.2) is 49.7 Å². The standard InChI is InChI=1S/C28H29N3O6/c1-34-24-16-20(17-25(35-2)28(24)37-4)29-19-12-11-18-13-14-31(22(18)15-19)26-9-5-7-21(30-26)23(32)8-6-10-27(33)36-3/h5,7,9,11-17,29H,6,8,10H2,1-4H3. The molecule has 0 aliphatic rings. The predicted octanol–water partition coefficient (Wildman–Crippen LogP) is 5.32. The van der Waals surface area contributed by atoms with Gasteiger partial charge >= 0.3 is 5.97 Å². The molecule has 0 amide bonds. The molecule has 1 N–H and O–H groups in total. The molecule has 0 aliphatic heterocycles. The van der Waals surface area contributed by atoms with Crippen LogP contribution in [0, 0.1) is 0 Å². The van der Waals surface area contributed by atoms with E-state index in [-0.39, 0.29) is 24.6 Å². The number of ether oxygens (including phenoxy) is 4. The number of pyridine rings is 1. The molecule has 0 aliphatic carbocycles. The second-order valence-corrected chi connectivity index (χ2v) is 8.23. The van der Waals surface area contributed by atoms with Crippen LogP contribution in [0.4, 0.5) is 11.4 Å². The number of aromatic nitrogens is 2. The number of nitrogens with zero attached hydrogens (tertiary/aromatic N) is 2. The number of rotatable bonds is 11. The number of Topliss-reactive ketones (excluding diaryl/α,β-unsaturated/α-hetero) is 1. The highest BCUT2D eigenvalue weighted by atomic mass is 16.5. The predicted molar refractivity (Wildman–Crippen MR) is 141 cm³/mol. The molecule has 0 unspecified atom stereocenters. The molecular weight excluding hydrogens is 474 g/mol. The molecule has 9 nitrogen and oxygen atoms in total. The Hall–Kier alpha value is -4.53. The molecule has 2 aromatic carbocycles. The third-order valence-electron chi connectivity index (χ3n) is 5.93. The van der Waals surface area contributed by atoms with E-state index in [9.17, 15) is 9.59 Å². The van der Waals surface area contributed by atoms with Gasteiger partial charge in [0, 0.05) is 47.9 Å². The molecule has 0 saturated carbocycles.